The number of benzene rings is 1. The second-order valence-corrected chi connectivity index (χ2v) is 6.01. The van der Waals surface area contributed by atoms with E-state index in [4.69, 9.17) is 5.73 Å². The molecule has 20 heavy (non-hydrogen) atoms. The SMILES string of the molecule is Nc1cc(F)cc(NC(=O)C2CCCc3sccc32)c1. The molecule has 0 saturated carbocycles. The quantitative estimate of drug-likeness (QED) is 0.831. The molecule has 3 nitrogen and oxygen atoms in total. The number of aryl methyl sites for hydroxylation is 1. The Morgan fingerprint density at radius 3 is 3.05 bits per heavy atom. The Bertz CT molecular complexity index is 633. The molecule has 1 heterocycles. The van der Waals surface area contributed by atoms with Crippen molar-refractivity contribution in [1.29, 1.82) is 0 Å². The van der Waals surface area contributed by atoms with Crippen molar-refractivity contribution in [3.63, 3.8) is 0 Å². The number of nitrogen functional groups attached to an aromatic ring is 1. The van der Waals surface area contributed by atoms with Crippen LogP contribution in [0.5, 0.6) is 0 Å². The molecule has 0 fully saturated rings. The second kappa shape index (κ2) is 5.25. The number of nitrogens with two attached hydrogens (primary N) is 1. The smallest absolute Gasteiger partial charge is 0.231 e. The van der Waals surface area contributed by atoms with Gasteiger partial charge in [0.15, 0.2) is 0 Å². The summed E-state index contributed by atoms with van der Waals surface area (Å²) in [6.45, 7) is 0. The lowest BCUT2D eigenvalue weighted by Crippen LogP contribution is -2.23. The van der Waals surface area contributed by atoms with Crippen LogP contribution >= 0.6 is 11.3 Å². The molecule has 2 aromatic rings. The molecule has 0 aliphatic heterocycles. The van der Waals surface area contributed by atoms with Crippen LogP contribution in [0.15, 0.2) is 29.6 Å². The third-order valence-corrected chi connectivity index (χ3v) is 4.55. The predicted octanol–water partition coefficient (Wildman–Crippen LogP) is 3.53. The summed E-state index contributed by atoms with van der Waals surface area (Å²) >= 11 is 1.70. The molecular weight excluding hydrogens is 275 g/mol. The Kier molecular flexibility index (Phi) is 3.44. The average molecular weight is 290 g/mol. The van der Waals surface area contributed by atoms with E-state index in [9.17, 15) is 9.18 Å². The van der Waals surface area contributed by atoms with E-state index >= 15 is 0 Å². The molecule has 1 atom stereocenters. The van der Waals surface area contributed by atoms with E-state index in [0.29, 0.717) is 11.4 Å². The van der Waals surface area contributed by atoms with E-state index in [-0.39, 0.29) is 11.8 Å². The number of carbonyl (C=O) groups is 1. The first kappa shape index (κ1) is 13.1. The molecule has 1 aliphatic carbocycles. The lowest BCUT2D eigenvalue weighted by Gasteiger charge is -2.21. The van der Waals surface area contributed by atoms with Gasteiger partial charge in [-0.1, -0.05) is 0 Å². The molecule has 104 valence electrons. The second-order valence-electron chi connectivity index (χ2n) is 5.01. The van der Waals surface area contributed by atoms with E-state index in [0.717, 1.165) is 24.8 Å². The summed E-state index contributed by atoms with van der Waals surface area (Å²) in [5.74, 6) is -0.677. The van der Waals surface area contributed by atoms with Gasteiger partial charge in [0.2, 0.25) is 5.91 Å². The van der Waals surface area contributed by atoms with Crippen LogP contribution in [0.4, 0.5) is 15.8 Å². The van der Waals surface area contributed by atoms with Gasteiger partial charge in [-0.3, -0.25) is 4.79 Å². The molecule has 3 rings (SSSR count). The Labute approximate surface area is 120 Å². The van der Waals surface area contributed by atoms with Crippen LogP contribution in [0.3, 0.4) is 0 Å². The van der Waals surface area contributed by atoms with Crippen LogP contribution in [0, 0.1) is 5.82 Å². The fraction of sp³-hybridized carbons (Fsp3) is 0.267. The number of hydrogen-bond acceptors (Lipinski definition) is 3. The normalized spacial score (nSPS) is 17.6. The number of rotatable bonds is 2. The number of amides is 1. The molecule has 0 bridgehead atoms. The van der Waals surface area contributed by atoms with Crippen LogP contribution in [0.2, 0.25) is 0 Å². The fourth-order valence-corrected chi connectivity index (χ4v) is 3.66. The predicted molar refractivity (Wildman–Crippen MR) is 79.4 cm³/mol. The van der Waals surface area contributed by atoms with Crippen molar-refractivity contribution in [1.82, 2.24) is 0 Å². The number of carbonyl (C=O) groups excluding carboxylic acids is 1. The summed E-state index contributed by atoms with van der Waals surface area (Å²) in [7, 11) is 0. The summed E-state index contributed by atoms with van der Waals surface area (Å²) in [6, 6.07) is 6.10. The van der Waals surface area contributed by atoms with Gasteiger partial charge in [-0.2, -0.15) is 0 Å². The zero-order valence-corrected chi connectivity index (χ0v) is 11.7. The Balaban J connectivity index is 1.81. The minimum absolute atomic E-state index is 0.0886. The number of fused-ring (bicyclic) bond motifs is 1. The van der Waals surface area contributed by atoms with Gasteiger partial charge in [0, 0.05) is 16.3 Å². The monoisotopic (exact) mass is 290 g/mol. The lowest BCUT2D eigenvalue weighted by molar-refractivity contribution is -0.117. The van der Waals surface area contributed by atoms with E-state index < -0.39 is 5.82 Å². The maximum absolute atomic E-state index is 13.3. The number of thiophene rings is 1. The van der Waals surface area contributed by atoms with Crippen LogP contribution in [0.25, 0.3) is 0 Å². The minimum atomic E-state index is -0.444. The van der Waals surface area contributed by atoms with Crippen molar-refractivity contribution in [2.24, 2.45) is 0 Å². The van der Waals surface area contributed by atoms with Crippen LogP contribution in [0.1, 0.15) is 29.2 Å². The zero-order chi connectivity index (χ0) is 14.1. The third kappa shape index (κ3) is 2.54. The topological polar surface area (TPSA) is 55.1 Å². The first-order valence-electron chi connectivity index (χ1n) is 6.56. The van der Waals surface area contributed by atoms with Crippen molar-refractivity contribution in [3.05, 3.63) is 45.9 Å². The van der Waals surface area contributed by atoms with Gasteiger partial charge in [0.25, 0.3) is 0 Å². The highest BCUT2D eigenvalue weighted by molar-refractivity contribution is 7.10. The lowest BCUT2D eigenvalue weighted by atomic mass is 9.87. The molecule has 3 N–H and O–H groups in total. The van der Waals surface area contributed by atoms with Gasteiger partial charge >= 0.3 is 0 Å². The van der Waals surface area contributed by atoms with E-state index in [1.807, 2.05) is 11.4 Å². The molecule has 5 heteroatoms. The van der Waals surface area contributed by atoms with Gasteiger partial charge in [0.1, 0.15) is 5.82 Å². The molecule has 1 unspecified atom stereocenters. The molecule has 0 radical (unpaired) electrons. The molecule has 1 aromatic carbocycles. The van der Waals surface area contributed by atoms with Gasteiger partial charge < -0.3 is 11.1 Å². The standard InChI is InChI=1S/C15H15FN2OS/c16-9-6-10(17)8-11(7-9)18-15(19)13-2-1-3-14-12(13)4-5-20-14/h4-8,13H,1-3,17H2,(H,18,19). The van der Waals surface area contributed by atoms with E-state index in [2.05, 4.69) is 5.32 Å². The largest absolute Gasteiger partial charge is 0.399 e. The Morgan fingerprint density at radius 1 is 1.40 bits per heavy atom. The number of hydrogen-bond donors (Lipinski definition) is 2. The molecule has 0 saturated heterocycles. The van der Waals surface area contributed by atoms with Gasteiger partial charge in [-0.15, -0.1) is 11.3 Å². The van der Waals surface area contributed by atoms with Gasteiger partial charge in [-0.25, -0.2) is 4.39 Å². The van der Waals surface area contributed by atoms with Crippen LogP contribution < -0.4 is 11.1 Å². The van der Waals surface area contributed by atoms with Crippen molar-refractivity contribution in [3.8, 4) is 0 Å². The maximum Gasteiger partial charge on any atom is 0.231 e. The summed E-state index contributed by atoms with van der Waals surface area (Å²) in [5.41, 5.74) is 7.42. The Hall–Kier alpha value is -1.88. The fourth-order valence-electron chi connectivity index (χ4n) is 2.67. The summed E-state index contributed by atoms with van der Waals surface area (Å²) < 4.78 is 13.3. The molecular formula is C15H15FN2OS. The first-order valence-corrected chi connectivity index (χ1v) is 7.44. The molecule has 1 amide bonds. The first-order chi connectivity index (χ1) is 9.63. The van der Waals surface area contributed by atoms with Crippen LogP contribution in [-0.4, -0.2) is 5.91 Å². The average Bonchev–Trinajstić information content (AvgIpc) is 2.85. The maximum atomic E-state index is 13.3. The van der Waals surface area contributed by atoms with E-state index in [1.165, 1.54) is 17.0 Å². The molecule has 1 aliphatic rings. The third-order valence-electron chi connectivity index (χ3n) is 3.56. The summed E-state index contributed by atoms with van der Waals surface area (Å²) in [6.07, 6.45) is 2.89. The highest BCUT2D eigenvalue weighted by Gasteiger charge is 2.27. The number of nitrogens with one attached hydrogen (secondary N) is 1. The zero-order valence-electron chi connectivity index (χ0n) is 10.9. The number of halogens is 1. The van der Waals surface area contributed by atoms with Crippen molar-refractivity contribution in [2.45, 2.75) is 25.2 Å². The molecule has 0 spiro atoms. The highest BCUT2D eigenvalue weighted by Crippen LogP contribution is 2.35. The summed E-state index contributed by atoms with van der Waals surface area (Å²) in [5, 5.41) is 4.79. The van der Waals surface area contributed by atoms with Crippen molar-refractivity contribution in [2.75, 3.05) is 11.1 Å². The van der Waals surface area contributed by atoms with Crippen LogP contribution in [-0.2, 0) is 11.2 Å². The Morgan fingerprint density at radius 2 is 2.25 bits per heavy atom. The van der Waals surface area contributed by atoms with E-state index in [1.54, 1.807) is 17.4 Å². The summed E-state index contributed by atoms with van der Waals surface area (Å²) in [4.78, 5) is 13.7. The minimum Gasteiger partial charge on any atom is -0.399 e. The molecule has 1 aromatic heterocycles. The highest BCUT2D eigenvalue weighted by atomic mass is 32.1. The number of anilines is 2. The van der Waals surface area contributed by atoms with Gasteiger partial charge in [-0.05, 0) is 54.5 Å². The van der Waals surface area contributed by atoms with Crippen molar-refractivity contribution < 1.29 is 9.18 Å². The van der Waals surface area contributed by atoms with Crippen molar-refractivity contribution >= 4 is 28.6 Å². The van der Waals surface area contributed by atoms with Gasteiger partial charge in [0.05, 0.1) is 5.92 Å².